The quantitative estimate of drug-likeness (QED) is 0.346. The number of ether oxygens (including phenoxy) is 1. The number of hydrogen-bond acceptors (Lipinski definition) is 3. The highest BCUT2D eigenvalue weighted by Gasteiger charge is 2.35. The molecule has 0 aliphatic carbocycles. The standard InChI is InChI=1S/C22H36N4O2.HI/c1-22(2,3)20-18(12-9-13-28-20)15-24-21(25-16-19(27)26(4)5)23-14-17-10-7-6-8-11-17;/h6-8,10-11,18,20H,9,12-16H2,1-5H3,(H2,23,24,25);1H. The molecule has 0 bridgehead atoms. The van der Waals surface area contributed by atoms with Gasteiger partial charge in [-0.05, 0) is 23.8 Å². The monoisotopic (exact) mass is 516 g/mol. The van der Waals surface area contributed by atoms with Crippen molar-refractivity contribution >= 4 is 35.8 Å². The van der Waals surface area contributed by atoms with Crippen LogP contribution in [0.5, 0.6) is 0 Å². The van der Waals surface area contributed by atoms with E-state index in [1.54, 1.807) is 19.0 Å². The molecule has 2 rings (SSSR count). The van der Waals surface area contributed by atoms with Crippen molar-refractivity contribution in [1.82, 2.24) is 15.5 Å². The van der Waals surface area contributed by atoms with Crippen molar-refractivity contribution in [2.75, 3.05) is 33.8 Å². The lowest BCUT2D eigenvalue weighted by Gasteiger charge is -2.40. The van der Waals surface area contributed by atoms with E-state index in [2.05, 4.69) is 48.5 Å². The lowest BCUT2D eigenvalue weighted by atomic mass is 9.78. The van der Waals surface area contributed by atoms with E-state index < -0.39 is 0 Å². The Bertz CT molecular complexity index is 644. The Morgan fingerprint density at radius 1 is 1.21 bits per heavy atom. The van der Waals surface area contributed by atoms with Gasteiger partial charge in [-0.3, -0.25) is 4.79 Å². The average molecular weight is 516 g/mol. The van der Waals surface area contributed by atoms with Gasteiger partial charge >= 0.3 is 0 Å². The number of nitrogens with one attached hydrogen (secondary N) is 2. The van der Waals surface area contributed by atoms with E-state index in [9.17, 15) is 4.79 Å². The number of nitrogens with zero attached hydrogens (tertiary/aromatic N) is 2. The molecule has 1 amide bonds. The maximum Gasteiger partial charge on any atom is 0.241 e. The van der Waals surface area contributed by atoms with Crippen LogP contribution in [0.3, 0.4) is 0 Å². The largest absolute Gasteiger partial charge is 0.377 e. The van der Waals surface area contributed by atoms with Crippen molar-refractivity contribution < 1.29 is 9.53 Å². The molecule has 1 aromatic rings. The minimum Gasteiger partial charge on any atom is -0.377 e. The maximum atomic E-state index is 12.0. The van der Waals surface area contributed by atoms with Gasteiger partial charge < -0.3 is 20.3 Å². The van der Waals surface area contributed by atoms with Gasteiger partial charge in [0.25, 0.3) is 0 Å². The summed E-state index contributed by atoms with van der Waals surface area (Å²) in [7, 11) is 3.51. The first-order valence-corrected chi connectivity index (χ1v) is 10.1. The van der Waals surface area contributed by atoms with Crippen molar-refractivity contribution in [2.45, 2.75) is 46.3 Å². The number of carbonyl (C=O) groups is 1. The highest BCUT2D eigenvalue weighted by Crippen LogP contribution is 2.33. The summed E-state index contributed by atoms with van der Waals surface area (Å²) in [4.78, 5) is 18.2. The molecular formula is C22H37IN4O2. The Kier molecular flexibility index (Phi) is 11.0. The van der Waals surface area contributed by atoms with Gasteiger partial charge in [0.15, 0.2) is 5.96 Å². The van der Waals surface area contributed by atoms with E-state index in [1.807, 2.05) is 18.2 Å². The first-order valence-electron chi connectivity index (χ1n) is 10.1. The highest BCUT2D eigenvalue weighted by atomic mass is 127. The second-order valence-corrected chi connectivity index (χ2v) is 8.73. The molecule has 1 fully saturated rings. The minimum atomic E-state index is 0. The van der Waals surface area contributed by atoms with Crippen molar-refractivity contribution in [1.29, 1.82) is 0 Å². The summed E-state index contributed by atoms with van der Waals surface area (Å²) < 4.78 is 6.09. The molecule has 164 valence electrons. The first kappa shape index (κ1) is 25.7. The molecule has 6 nitrogen and oxygen atoms in total. The summed E-state index contributed by atoms with van der Waals surface area (Å²) in [5.74, 6) is 1.10. The molecule has 0 saturated carbocycles. The van der Waals surface area contributed by atoms with Crippen molar-refractivity contribution in [3.63, 3.8) is 0 Å². The zero-order valence-electron chi connectivity index (χ0n) is 18.4. The smallest absolute Gasteiger partial charge is 0.241 e. The third-order valence-corrected chi connectivity index (χ3v) is 5.00. The number of likely N-dealkylation sites (N-methyl/N-ethyl adjacent to an activating group) is 1. The van der Waals surface area contributed by atoms with Gasteiger partial charge in [-0.1, -0.05) is 51.1 Å². The van der Waals surface area contributed by atoms with Crippen LogP contribution in [0.25, 0.3) is 0 Å². The van der Waals surface area contributed by atoms with Crippen LogP contribution in [0.4, 0.5) is 0 Å². The van der Waals surface area contributed by atoms with E-state index in [0.29, 0.717) is 18.4 Å². The zero-order chi connectivity index (χ0) is 20.6. The van der Waals surface area contributed by atoms with Gasteiger partial charge in [-0.2, -0.15) is 0 Å². The number of benzene rings is 1. The summed E-state index contributed by atoms with van der Waals surface area (Å²) >= 11 is 0. The second kappa shape index (κ2) is 12.4. The summed E-state index contributed by atoms with van der Waals surface area (Å²) in [6.45, 7) is 9.09. The molecule has 1 aliphatic rings. The Balaban J connectivity index is 0.00000420. The third-order valence-electron chi connectivity index (χ3n) is 5.00. The van der Waals surface area contributed by atoms with Crippen LogP contribution in [0.15, 0.2) is 35.3 Å². The SMILES string of the molecule is CN(C)C(=O)CNC(=NCc1ccccc1)NCC1CCCOC1C(C)(C)C.I. The topological polar surface area (TPSA) is 66.0 Å². The molecule has 7 heteroatoms. The van der Waals surface area contributed by atoms with Crippen LogP contribution in [-0.4, -0.2) is 56.7 Å². The zero-order valence-corrected chi connectivity index (χ0v) is 20.7. The van der Waals surface area contributed by atoms with Gasteiger partial charge in [0, 0.05) is 33.2 Å². The fourth-order valence-corrected chi connectivity index (χ4v) is 3.48. The first-order chi connectivity index (χ1) is 13.3. The van der Waals surface area contributed by atoms with Crippen LogP contribution in [-0.2, 0) is 16.1 Å². The van der Waals surface area contributed by atoms with Gasteiger partial charge in [0.2, 0.25) is 5.91 Å². The Labute approximate surface area is 192 Å². The normalized spacial score (nSPS) is 19.8. The highest BCUT2D eigenvalue weighted by molar-refractivity contribution is 14.0. The van der Waals surface area contributed by atoms with Crippen molar-refractivity contribution in [3.05, 3.63) is 35.9 Å². The van der Waals surface area contributed by atoms with Gasteiger partial charge in [-0.15, -0.1) is 24.0 Å². The fourth-order valence-electron chi connectivity index (χ4n) is 3.48. The van der Waals surface area contributed by atoms with E-state index >= 15 is 0 Å². The predicted octanol–water partition coefficient (Wildman–Crippen LogP) is 3.27. The minimum absolute atomic E-state index is 0. The summed E-state index contributed by atoms with van der Waals surface area (Å²) in [6, 6.07) is 10.1. The van der Waals surface area contributed by atoms with E-state index in [1.165, 1.54) is 0 Å². The van der Waals surface area contributed by atoms with Crippen LogP contribution >= 0.6 is 24.0 Å². The van der Waals surface area contributed by atoms with E-state index in [-0.39, 0.29) is 47.9 Å². The Morgan fingerprint density at radius 2 is 1.90 bits per heavy atom. The number of aliphatic imine (C=N–C) groups is 1. The molecule has 1 heterocycles. The molecule has 0 spiro atoms. The number of amides is 1. The van der Waals surface area contributed by atoms with Gasteiger partial charge in [-0.25, -0.2) is 4.99 Å². The molecule has 1 saturated heterocycles. The number of hydrogen-bond donors (Lipinski definition) is 2. The Morgan fingerprint density at radius 3 is 2.52 bits per heavy atom. The molecule has 2 atom stereocenters. The lowest BCUT2D eigenvalue weighted by Crippen LogP contribution is -2.48. The van der Waals surface area contributed by atoms with Crippen LogP contribution in [0, 0.1) is 11.3 Å². The predicted molar refractivity (Wildman–Crippen MR) is 130 cm³/mol. The Hall–Kier alpha value is -1.35. The van der Waals surface area contributed by atoms with Crippen LogP contribution in [0.1, 0.15) is 39.2 Å². The molecular weight excluding hydrogens is 479 g/mol. The molecule has 0 aromatic heterocycles. The molecule has 29 heavy (non-hydrogen) atoms. The number of guanidine groups is 1. The van der Waals surface area contributed by atoms with Crippen LogP contribution in [0.2, 0.25) is 0 Å². The fraction of sp³-hybridized carbons (Fsp3) is 0.636. The number of rotatable bonds is 6. The van der Waals surface area contributed by atoms with Gasteiger partial charge in [0.05, 0.1) is 19.2 Å². The number of halogens is 1. The van der Waals surface area contributed by atoms with E-state index in [0.717, 1.165) is 31.6 Å². The van der Waals surface area contributed by atoms with Gasteiger partial charge in [0.1, 0.15) is 0 Å². The third kappa shape index (κ3) is 8.90. The van der Waals surface area contributed by atoms with Crippen molar-refractivity contribution in [2.24, 2.45) is 16.3 Å². The van der Waals surface area contributed by atoms with Crippen LogP contribution < -0.4 is 10.6 Å². The molecule has 1 aliphatic heterocycles. The molecule has 2 unspecified atom stereocenters. The molecule has 0 radical (unpaired) electrons. The summed E-state index contributed by atoms with van der Waals surface area (Å²) in [5, 5.41) is 6.62. The van der Waals surface area contributed by atoms with Crippen molar-refractivity contribution in [3.8, 4) is 0 Å². The summed E-state index contributed by atoms with van der Waals surface area (Å²) in [6.07, 6.45) is 2.44. The number of carbonyl (C=O) groups excluding carboxylic acids is 1. The maximum absolute atomic E-state index is 12.0. The average Bonchev–Trinajstić information content (AvgIpc) is 2.67. The molecule has 1 aromatic carbocycles. The lowest BCUT2D eigenvalue weighted by molar-refractivity contribution is -0.127. The summed E-state index contributed by atoms with van der Waals surface area (Å²) in [5.41, 5.74) is 1.23. The second-order valence-electron chi connectivity index (χ2n) is 8.73. The molecule has 2 N–H and O–H groups in total. The van der Waals surface area contributed by atoms with E-state index in [4.69, 9.17) is 4.74 Å².